The first kappa shape index (κ1) is 21.1. The monoisotopic (exact) mass is 447 g/mol. The largest absolute Gasteiger partial charge is 0.507 e. The summed E-state index contributed by atoms with van der Waals surface area (Å²) in [5, 5.41) is 12.9. The second-order valence-corrected chi connectivity index (χ2v) is 9.31. The molecule has 7 heteroatoms. The zero-order chi connectivity index (χ0) is 21.8. The number of anilines is 1. The Labute approximate surface area is 188 Å². The lowest BCUT2D eigenvalue weighted by Crippen LogP contribution is -2.15. The zero-order valence-electron chi connectivity index (χ0n) is 17.1. The average Bonchev–Trinajstić information content (AvgIpc) is 3.17. The zero-order valence-corrected chi connectivity index (χ0v) is 18.8. The van der Waals surface area contributed by atoms with E-state index in [1.165, 1.54) is 23.1 Å². The summed E-state index contributed by atoms with van der Waals surface area (Å²) >= 11 is 2.97. The number of aryl methyl sites for hydroxylation is 2. The maximum atomic E-state index is 12.4. The Bertz CT molecular complexity index is 1260. The van der Waals surface area contributed by atoms with Gasteiger partial charge in [0, 0.05) is 17.5 Å². The van der Waals surface area contributed by atoms with E-state index in [4.69, 9.17) is 0 Å². The maximum absolute atomic E-state index is 12.4. The topological polar surface area (TPSA) is 74.6 Å². The van der Waals surface area contributed by atoms with Gasteiger partial charge in [0.05, 0.1) is 21.7 Å². The molecule has 0 bridgehead atoms. The van der Waals surface area contributed by atoms with Crippen LogP contribution in [0.3, 0.4) is 0 Å². The van der Waals surface area contributed by atoms with Crippen LogP contribution in [0.15, 0.2) is 70.0 Å². The van der Waals surface area contributed by atoms with Crippen LogP contribution in [-0.4, -0.2) is 28.0 Å². The number of aromatic nitrogens is 1. The molecule has 0 saturated heterocycles. The van der Waals surface area contributed by atoms with E-state index >= 15 is 0 Å². The van der Waals surface area contributed by atoms with E-state index in [2.05, 4.69) is 15.3 Å². The fraction of sp³-hybridized carbons (Fsp3) is 0.125. The maximum Gasteiger partial charge on any atom is 0.234 e. The number of amides is 1. The van der Waals surface area contributed by atoms with Crippen LogP contribution in [0.2, 0.25) is 0 Å². The quantitative estimate of drug-likeness (QED) is 0.277. The van der Waals surface area contributed by atoms with Crippen molar-refractivity contribution in [2.45, 2.75) is 18.2 Å². The molecule has 0 radical (unpaired) electrons. The number of fused-ring (bicyclic) bond motifs is 1. The third-order valence-electron chi connectivity index (χ3n) is 4.71. The van der Waals surface area contributed by atoms with Crippen LogP contribution >= 0.6 is 23.1 Å². The summed E-state index contributed by atoms with van der Waals surface area (Å²) in [5.74, 6) is 0.448. The summed E-state index contributed by atoms with van der Waals surface area (Å²) in [5.41, 5.74) is 5.31. The molecular formula is C24H21N3O2S2. The van der Waals surface area contributed by atoms with Gasteiger partial charge >= 0.3 is 0 Å². The van der Waals surface area contributed by atoms with Crippen LogP contribution in [0, 0.1) is 13.8 Å². The second kappa shape index (κ2) is 9.32. The molecule has 4 rings (SSSR count). The van der Waals surface area contributed by atoms with Gasteiger partial charge in [0.1, 0.15) is 5.75 Å². The van der Waals surface area contributed by atoms with Crippen molar-refractivity contribution in [2.75, 3.05) is 11.1 Å². The Kier molecular flexibility index (Phi) is 6.34. The number of aromatic hydroxyl groups is 1. The van der Waals surface area contributed by atoms with E-state index in [0.717, 1.165) is 37.1 Å². The number of para-hydroxylation sites is 2. The number of carbonyl (C=O) groups excluding carboxylic acids is 1. The van der Waals surface area contributed by atoms with Crippen molar-refractivity contribution in [3.8, 4) is 5.75 Å². The average molecular weight is 448 g/mol. The van der Waals surface area contributed by atoms with Crippen molar-refractivity contribution in [2.24, 2.45) is 4.99 Å². The van der Waals surface area contributed by atoms with Crippen LogP contribution in [-0.2, 0) is 4.79 Å². The van der Waals surface area contributed by atoms with Crippen molar-refractivity contribution in [3.05, 3.63) is 77.4 Å². The van der Waals surface area contributed by atoms with E-state index < -0.39 is 0 Å². The lowest BCUT2D eigenvalue weighted by Gasteiger charge is -2.10. The Morgan fingerprint density at radius 2 is 1.90 bits per heavy atom. The first-order valence-electron chi connectivity index (χ1n) is 9.71. The normalized spacial score (nSPS) is 11.3. The Balaban J connectivity index is 1.42. The molecule has 0 aliphatic rings. The summed E-state index contributed by atoms with van der Waals surface area (Å²) < 4.78 is 1.85. The minimum absolute atomic E-state index is 0.0467. The lowest BCUT2D eigenvalue weighted by molar-refractivity contribution is -0.113. The molecule has 0 aliphatic heterocycles. The van der Waals surface area contributed by atoms with Crippen LogP contribution in [0.25, 0.3) is 10.2 Å². The smallest absolute Gasteiger partial charge is 0.234 e. The summed E-state index contributed by atoms with van der Waals surface area (Å²) in [6.45, 7) is 3.98. The SMILES string of the molecule is Cc1cccc(C)c1NC(=O)CSc1nc2ccc(N=Cc3ccccc3O)cc2s1. The number of carbonyl (C=O) groups is 1. The molecule has 31 heavy (non-hydrogen) atoms. The number of thiazole rings is 1. The predicted octanol–water partition coefficient (Wildman–Crippen LogP) is 6.10. The molecule has 0 atom stereocenters. The summed E-state index contributed by atoms with van der Waals surface area (Å²) in [4.78, 5) is 21.5. The second-order valence-electron chi connectivity index (χ2n) is 7.05. The van der Waals surface area contributed by atoms with Gasteiger partial charge in [-0.05, 0) is 55.3 Å². The number of rotatable bonds is 6. The molecule has 1 amide bonds. The van der Waals surface area contributed by atoms with Gasteiger partial charge in [-0.1, -0.05) is 42.1 Å². The molecule has 0 spiro atoms. The highest BCUT2D eigenvalue weighted by Gasteiger charge is 2.11. The minimum Gasteiger partial charge on any atom is -0.507 e. The number of nitrogens with zero attached hydrogens (tertiary/aromatic N) is 2. The lowest BCUT2D eigenvalue weighted by atomic mass is 10.1. The van der Waals surface area contributed by atoms with Crippen molar-refractivity contribution < 1.29 is 9.90 Å². The highest BCUT2D eigenvalue weighted by Crippen LogP contribution is 2.32. The Morgan fingerprint density at radius 3 is 2.68 bits per heavy atom. The molecule has 5 nitrogen and oxygen atoms in total. The molecule has 0 aliphatic carbocycles. The standard InChI is InChI=1S/C24H21N3O2S2/c1-15-6-5-7-16(2)23(15)27-22(29)14-30-24-26-19-11-10-18(12-21(19)31-24)25-13-17-8-3-4-9-20(17)28/h3-13,28H,14H2,1-2H3,(H,27,29). The minimum atomic E-state index is -0.0467. The number of benzene rings is 3. The van der Waals surface area contributed by atoms with Crippen LogP contribution in [0.5, 0.6) is 5.75 Å². The first-order chi connectivity index (χ1) is 15.0. The van der Waals surface area contributed by atoms with Crippen molar-refractivity contribution in [1.82, 2.24) is 4.98 Å². The van der Waals surface area contributed by atoms with E-state index in [9.17, 15) is 9.90 Å². The van der Waals surface area contributed by atoms with E-state index in [-0.39, 0.29) is 11.7 Å². The van der Waals surface area contributed by atoms with E-state index in [1.807, 2.05) is 62.4 Å². The molecular weight excluding hydrogens is 426 g/mol. The van der Waals surface area contributed by atoms with Crippen LogP contribution < -0.4 is 5.32 Å². The van der Waals surface area contributed by atoms with E-state index in [1.54, 1.807) is 18.3 Å². The molecule has 1 heterocycles. The third kappa shape index (κ3) is 5.13. The number of thioether (sulfide) groups is 1. The Hall–Kier alpha value is -3.16. The number of hydrogen-bond donors (Lipinski definition) is 2. The van der Waals surface area contributed by atoms with Crippen molar-refractivity contribution >= 4 is 56.8 Å². The number of phenolic OH excluding ortho intramolecular Hbond substituents is 1. The fourth-order valence-electron chi connectivity index (χ4n) is 3.09. The third-order valence-corrected chi connectivity index (χ3v) is 6.88. The fourth-order valence-corrected chi connectivity index (χ4v) is 4.99. The van der Waals surface area contributed by atoms with Crippen molar-refractivity contribution in [1.29, 1.82) is 0 Å². The van der Waals surface area contributed by atoms with Gasteiger partial charge < -0.3 is 10.4 Å². The molecule has 0 saturated carbocycles. The van der Waals surface area contributed by atoms with Gasteiger partial charge in [0.15, 0.2) is 4.34 Å². The Morgan fingerprint density at radius 1 is 1.13 bits per heavy atom. The van der Waals surface area contributed by atoms with Crippen LogP contribution in [0.4, 0.5) is 11.4 Å². The number of hydrogen-bond acceptors (Lipinski definition) is 6. The van der Waals surface area contributed by atoms with Gasteiger partial charge in [-0.15, -0.1) is 11.3 Å². The number of nitrogens with one attached hydrogen (secondary N) is 1. The highest BCUT2D eigenvalue weighted by molar-refractivity contribution is 8.01. The first-order valence-corrected chi connectivity index (χ1v) is 11.5. The number of aliphatic imine (C=N–C) groups is 1. The number of phenols is 1. The van der Waals surface area contributed by atoms with E-state index in [0.29, 0.717) is 11.3 Å². The van der Waals surface area contributed by atoms with Crippen LogP contribution in [0.1, 0.15) is 16.7 Å². The molecule has 0 unspecified atom stereocenters. The van der Waals surface area contributed by atoms with Gasteiger partial charge in [-0.25, -0.2) is 4.98 Å². The van der Waals surface area contributed by atoms with Gasteiger partial charge in [-0.2, -0.15) is 0 Å². The molecule has 156 valence electrons. The van der Waals surface area contributed by atoms with Gasteiger partial charge in [0.2, 0.25) is 5.91 Å². The molecule has 4 aromatic rings. The van der Waals surface area contributed by atoms with Gasteiger partial charge in [-0.3, -0.25) is 9.79 Å². The molecule has 2 N–H and O–H groups in total. The summed E-state index contributed by atoms with van der Waals surface area (Å²) in [7, 11) is 0. The highest BCUT2D eigenvalue weighted by atomic mass is 32.2. The summed E-state index contributed by atoms with van der Waals surface area (Å²) in [6, 6.07) is 18.8. The predicted molar refractivity (Wildman–Crippen MR) is 130 cm³/mol. The molecule has 3 aromatic carbocycles. The van der Waals surface area contributed by atoms with Gasteiger partial charge in [0.25, 0.3) is 0 Å². The molecule has 1 aromatic heterocycles. The van der Waals surface area contributed by atoms with Crippen molar-refractivity contribution in [3.63, 3.8) is 0 Å². The summed E-state index contributed by atoms with van der Waals surface area (Å²) in [6.07, 6.45) is 1.64. The molecule has 0 fully saturated rings.